The van der Waals surface area contributed by atoms with Crippen LogP contribution in [0.1, 0.15) is 22.5 Å². The number of aromatic nitrogens is 2. The van der Waals surface area contributed by atoms with Gasteiger partial charge in [-0.2, -0.15) is 5.10 Å². The van der Waals surface area contributed by atoms with Crippen molar-refractivity contribution in [3.8, 4) is 0 Å². The van der Waals surface area contributed by atoms with Crippen LogP contribution in [0.3, 0.4) is 0 Å². The standard InChI is InChI=1S/C15H18F2N2O/c1-9-12(10(2)19(3)18-9)7-11(20)8-13-14(16)5-4-6-15(13)17/h4-6,11,20H,7-8H2,1-3H3. The molecule has 108 valence electrons. The summed E-state index contributed by atoms with van der Waals surface area (Å²) in [7, 11) is 1.83. The smallest absolute Gasteiger partial charge is 0.129 e. The van der Waals surface area contributed by atoms with Crippen LogP contribution >= 0.6 is 0 Å². The predicted molar refractivity (Wildman–Crippen MR) is 72.5 cm³/mol. The average molecular weight is 280 g/mol. The van der Waals surface area contributed by atoms with Gasteiger partial charge >= 0.3 is 0 Å². The van der Waals surface area contributed by atoms with E-state index in [1.54, 1.807) is 4.68 Å². The number of benzene rings is 1. The van der Waals surface area contributed by atoms with Crippen molar-refractivity contribution in [2.24, 2.45) is 7.05 Å². The molecule has 0 saturated carbocycles. The molecule has 5 heteroatoms. The molecule has 0 saturated heterocycles. The van der Waals surface area contributed by atoms with Crippen LogP contribution in [0.25, 0.3) is 0 Å². The molecule has 20 heavy (non-hydrogen) atoms. The number of aryl methyl sites for hydroxylation is 2. The fourth-order valence-corrected chi connectivity index (χ4v) is 2.38. The Bertz CT molecular complexity index is 602. The van der Waals surface area contributed by atoms with Gasteiger partial charge in [-0.05, 0) is 31.5 Å². The maximum atomic E-state index is 13.5. The second-order valence-corrected chi connectivity index (χ2v) is 5.04. The van der Waals surface area contributed by atoms with Crippen molar-refractivity contribution in [1.82, 2.24) is 9.78 Å². The Hall–Kier alpha value is -1.75. The van der Waals surface area contributed by atoms with Crippen LogP contribution in [0.5, 0.6) is 0 Å². The lowest BCUT2D eigenvalue weighted by Crippen LogP contribution is -2.17. The molecule has 2 aromatic rings. The largest absolute Gasteiger partial charge is 0.392 e. The third-order valence-corrected chi connectivity index (χ3v) is 3.60. The number of hydrogen-bond donors (Lipinski definition) is 1. The van der Waals surface area contributed by atoms with Crippen molar-refractivity contribution in [2.45, 2.75) is 32.8 Å². The van der Waals surface area contributed by atoms with Crippen LogP contribution in [0.15, 0.2) is 18.2 Å². The number of rotatable bonds is 4. The highest BCUT2D eigenvalue weighted by Gasteiger charge is 2.18. The molecule has 0 aliphatic rings. The minimum Gasteiger partial charge on any atom is -0.392 e. The molecule has 0 radical (unpaired) electrons. The van der Waals surface area contributed by atoms with E-state index in [0.717, 1.165) is 17.0 Å². The maximum absolute atomic E-state index is 13.5. The first-order valence-corrected chi connectivity index (χ1v) is 6.50. The molecular weight excluding hydrogens is 262 g/mol. The van der Waals surface area contributed by atoms with E-state index in [9.17, 15) is 13.9 Å². The lowest BCUT2D eigenvalue weighted by molar-refractivity contribution is 0.172. The number of hydrogen-bond acceptors (Lipinski definition) is 2. The van der Waals surface area contributed by atoms with Gasteiger partial charge < -0.3 is 5.11 Å². The van der Waals surface area contributed by atoms with Crippen molar-refractivity contribution >= 4 is 0 Å². The van der Waals surface area contributed by atoms with Crippen molar-refractivity contribution in [2.75, 3.05) is 0 Å². The zero-order chi connectivity index (χ0) is 14.9. The van der Waals surface area contributed by atoms with E-state index in [0.29, 0.717) is 6.42 Å². The maximum Gasteiger partial charge on any atom is 0.129 e. The third-order valence-electron chi connectivity index (χ3n) is 3.60. The second-order valence-electron chi connectivity index (χ2n) is 5.04. The molecule has 1 heterocycles. The van der Waals surface area contributed by atoms with Crippen LogP contribution in [0.4, 0.5) is 8.78 Å². The summed E-state index contributed by atoms with van der Waals surface area (Å²) in [6.45, 7) is 3.77. The molecule has 1 aromatic heterocycles. The van der Waals surface area contributed by atoms with Gasteiger partial charge in [0.15, 0.2) is 0 Å². The van der Waals surface area contributed by atoms with E-state index in [4.69, 9.17) is 0 Å². The summed E-state index contributed by atoms with van der Waals surface area (Å²) in [5.41, 5.74) is 2.64. The summed E-state index contributed by atoms with van der Waals surface area (Å²) in [6, 6.07) is 3.72. The van der Waals surface area contributed by atoms with Crippen molar-refractivity contribution in [3.05, 3.63) is 52.3 Å². The summed E-state index contributed by atoms with van der Waals surface area (Å²) in [6.07, 6.45) is -0.561. The fraction of sp³-hybridized carbons (Fsp3) is 0.400. The summed E-state index contributed by atoms with van der Waals surface area (Å²) < 4.78 is 28.8. The lowest BCUT2D eigenvalue weighted by Gasteiger charge is -2.12. The van der Waals surface area contributed by atoms with Crippen LogP contribution in [0.2, 0.25) is 0 Å². The molecule has 3 nitrogen and oxygen atoms in total. The molecule has 1 N–H and O–H groups in total. The van der Waals surface area contributed by atoms with Gasteiger partial charge in [-0.25, -0.2) is 8.78 Å². The van der Waals surface area contributed by atoms with E-state index >= 15 is 0 Å². The van der Waals surface area contributed by atoms with Gasteiger partial charge in [-0.15, -0.1) is 0 Å². The molecule has 1 unspecified atom stereocenters. The van der Waals surface area contributed by atoms with E-state index in [1.807, 2.05) is 20.9 Å². The predicted octanol–water partition coefficient (Wildman–Crippen LogP) is 2.46. The molecule has 0 bridgehead atoms. The molecular formula is C15H18F2N2O. The Kier molecular flexibility index (Phi) is 4.18. The fourth-order valence-electron chi connectivity index (χ4n) is 2.38. The summed E-state index contributed by atoms with van der Waals surface area (Å²) >= 11 is 0. The zero-order valence-electron chi connectivity index (χ0n) is 11.8. The van der Waals surface area contributed by atoms with E-state index < -0.39 is 17.7 Å². The molecule has 0 spiro atoms. The number of aliphatic hydroxyl groups excluding tert-OH is 1. The Morgan fingerprint density at radius 1 is 1.15 bits per heavy atom. The first-order chi connectivity index (χ1) is 9.40. The van der Waals surface area contributed by atoms with E-state index in [2.05, 4.69) is 5.10 Å². The van der Waals surface area contributed by atoms with Gasteiger partial charge in [-0.3, -0.25) is 4.68 Å². The summed E-state index contributed by atoms with van der Waals surface area (Å²) in [5.74, 6) is -1.24. The van der Waals surface area contributed by atoms with Crippen molar-refractivity contribution in [3.63, 3.8) is 0 Å². The number of aliphatic hydroxyl groups is 1. The number of halogens is 2. The topological polar surface area (TPSA) is 38.0 Å². The molecule has 2 rings (SSSR count). The molecule has 1 aromatic carbocycles. The first-order valence-electron chi connectivity index (χ1n) is 6.50. The Morgan fingerprint density at radius 2 is 1.70 bits per heavy atom. The highest BCUT2D eigenvalue weighted by atomic mass is 19.1. The molecule has 0 aliphatic heterocycles. The minimum absolute atomic E-state index is 0.0493. The molecule has 0 aliphatic carbocycles. The van der Waals surface area contributed by atoms with Gasteiger partial charge in [0.25, 0.3) is 0 Å². The molecule has 0 amide bonds. The molecule has 1 atom stereocenters. The average Bonchev–Trinajstić information content (AvgIpc) is 2.61. The van der Waals surface area contributed by atoms with Gasteiger partial charge in [0, 0.05) is 31.1 Å². The quantitative estimate of drug-likeness (QED) is 0.934. The highest BCUT2D eigenvalue weighted by Crippen LogP contribution is 2.19. The third kappa shape index (κ3) is 2.88. The monoisotopic (exact) mass is 280 g/mol. The molecule has 0 fully saturated rings. The van der Waals surface area contributed by atoms with Crippen molar-refractivity contribution in [1.29, 1.82) is 0 Å². The first kappa shape index (κ1) is 14.7. The van der Waals surface area contributed by atoms with Crippen molar-refractivity contribution < 1.29 is 13.9 Å². The SMILES string of the molecule is Cc1nn(C)c(C)c1CC(O)Cc1c(F)cccc1F. The van der Waals surface area contributed by atoms with E-state index in [-0.39, 0.29) is 12.0 Å². The zero-order valence-corrected chi connectivity index (χ0v) is 11.8. The normalized spacial score (nSPS) is 12.7. The Morgan fingerprint density at radius 3 is 2.20 bits per heavy atom. The van der Waals surface area contributed by atoms with Gasteiger partial charge in [0.05, 0.1) is 11.8 Å². The number of nitrogens with zero attached hydrogens (tertiary/aromatic N) is 2. The highest BCUT2D eigenvalue weighted by molar-refractivity contribution is 5.26. The van der Waals surface area contributed by atoms with Crippen LogP contribution in [-0.2, 0) is 19.9 Å². The Labute approximate surface area is 116 Å². The van der Waals surface area contributed by atoms with Gasteiger partial charge in [0.2, 0.25) is 0 Å². The minimum atomic E-state index is -0.844. The van der Waals surface area contributed by atoms with Crippen LogP contribution in [0, 0.1) is 25.5 Å². The Balaban J connectivity index is 2.15. The summed E-state index contributed by atoms with van der Waals surface area (Å²) in [4.78, 5) is 0. The van der Waals surface area contributed by atoms with Gasteiger partial charge in [0.1, 0.15) is 11.6 Å². The lowest BCUT2D eigenvalue weighted by atomic mass is 9.99. The second kappa shape index (κ2) is 5.71. The van der Waals surface area contributed by atoms with Crippen LogP contribution in [-0.4, -0.2) is 21.0 Å². The van der Waals surface area contributed by atoms with Gasteiger partial charge in [-0.1, -0.05) is 6.07 Å². The van der Waals surface area contributed by atoms with Crippen LogP contribution < -0.4 is 0 Å². The summed E-state index contributed by atoms with van der Waals surface area (Å²) in [5, 5.41) is 14.4. The van der Waals surface area contributed by atoms with E-state index in [1.165, 1.54) is 18.2 Å².